The van der Waals surface area contributed by atoms with Crippen LogP contribution in [-0.2, 0) is 4.79 Å². The molecule has 1 aliphatic rings. The Morgan fingerprint density at radius 3 is 3.10 bits per heavy atom. The smallest absolute Gasteiger partial charge is 0.220 e. The molecule has 0 radical (unpaired) electrons. The highest BCUT2D eigenvalue weighted by Gasteiger charge is 2.13. The van der Waals surface area contributed by atoms with Gasteiger partial charge in [-0.15, -0.1) is 0 Å². The molecule has 1 heterocycles. The first kappa shape index (κ1) is 7.54. The van der Waals surface area contributed by atoms with Crippen LogP contribution in [0.3, 0.4) is 0 Å². The van der Waals surface area contributed by atoms with Gasteiger partial charge in [-0.05, 0) is 25.3 Å². The summed E-state index contributed by atoms with van der Waals surface area (Å²) >= 11 is 0. The van der Waals surface area contributed by atoms with Gasteiger partial charge in [-0.1, -0.05) is 0 Å². The third kappa shape index (κ3) is 1.99. The van der Waals surface area contributed by atoms with Gasteiger partial charge >= 0.3 is 0 Å². The lowest BCUT2D eigenvalue weighted by atomic mass is 10.0. The number of amides is 1. The van der Waals surface area contributed by atoms with Crippen LogP contribution in [-0.4, -0.2) is 19.0 Å². The molecule has 1 rings (SSSR count). The lowest BCUT2D eigenvalue weighted by molar-refractivity contribution is -0.120. The van der Waals surface area contributed by atoms with Gasteiger partial charge in [0.1, 0.15) is 0 Å². The van der Waals surface area contributed by atoms with Crippen LogP contribution in [0.1, 0.15) is 19.3 Å². The van der Waals surface area contributed by atoms with Crippen LogP contribution < -0.4 is 11.1 Å². The minimum atomic E-state index is 0.177. The predicted octanol–water partition coefficient (Wildman–Crippen LogP) is -0.139. The van der Waals surface area contributed by atoms with Crippen LogP contribution in [0.15, 0.2) is 0 Å². The molecule has 1 saturated heterocycles. The molecule has 3 heteroatoms. The van der Waals surface area contributed by atoms with Crippen LogP contribution in [0.2, 0.25) is 0 Å². The molecule has 1 aliphatic heterocycles. The fourth-order valence-electron chi connectivity index (χ4n) is 1.22. The molecule has 1 amide bonds. The van der Waals surface area contributed by atoms with Gasteiger partial charge in [0.15, 0.2) is 0 Å². The normalized spacial score (nSPS) is 27.3. The Morgan fingerprint density at radius 2 is 2.40 bits per heavy atom. The molecular weight excluding hydrogens is 128 g/mol. The number of nitrogens with one attached hydrogen (secondary N) is 1. The third-order valence-corrected chi connectivity index (χ3v) is 1.99. The molecule has 1 atom stereocenters. The van der Waals surface area contributed by atoms with Crippen molar-refractivity contribution in [3.63, 3.8) is 0 Å². The second-order valence-corrected chi connectivity index (χ2v) is 2.78. The second kappa shape index (κ2) is 3.56. The van der Waals surface area contributed by atoms with Crippen molar-refractivity contribution in [2.24, 2.45) is 11.7 Å². The summed E-state index contributed by atoms with van der Waals surface area (Å²) in [5.41, 5.74) is 5.48. The van der Waals surface area contributed by atoms with E-state index in [1.165, 1.54) is 0 Å². The fourth-order valence-corrected chi connectivity index (χ4v) is 1.22. The van der Waals surface area contributed by atoms with E-state index >= 15 is 0 Å². The summed E-state index contributed by atoms with van der Waals surface area (Å²) in [5.74, 6) is 0.731. The molecule has 3 nitrogen and oxygen atoms in total. The standard InChI is InChI=1S/C7H14N2O/c8-5-6-1-2-7(10)9-4-3-6/h6H,1-5,8H2,(H,9,10)/t6-/m1/s1. The van der Waals surface area contributed by atoms with Crippen LogP contribution in [0.5, 0.6) is 0 Å². The van der Waals surface area contributed by atoms with Crippen molar-refractivity contribution in [1.29, 1.82) is 0 Å². The number of carbonyl (C=O) groups excluding carboxylic acids is 1. The van der Waals surface area contributed by atoms with E-state index in [0.29, 0.717) is 12.3 Å². The van der Waals surface area contributed by atoms with E-state index in [4.69, 9.17) is 5.73 Å². The van der Waals surface area contributed by atoms with Gasteiger partial charge in [0.05, 0.1) is 0 Å². The summed E-state index contributed by atoms with van der Waals surface area (Å²) < 4.78 is 0. The number of hydrogen-bond acceptors (Lipinski definition) is 2. The lowest BCUT2D eigenvalue weighted by Gasteiger charge is -2.07. The van der Waals surface area contributed by atoms with Gasteiger partial charge in [-0.3, -0.25) is 4.79 Å². The summed E-state index contributed by atoms with van der Waals surface area (Å²) in [5, 5.41) is 2.81. The highest BCUT2D eigenvalue weighted by Crippen LogP contribution is 2.11. The maximum absolute atomic E-state index is 10.8. The first-order chi connectivity index (χ1) is 4.83. The summed E-state index contributed by atoms with van der Waals surface area (Å²) in [7, 11) is 0. The van der Waals surface area contributed by atoms with Crippen molar-refractivity contribution >= 4 is 5.91 Å². The zero-order valence-electron chi connectivity index (χ0n) is 6.10. The van der Waals surface area contributed by atoms with Gasteiger partial charge < -0.3 is 11.1 Å². The summed E-state index contributed by atoms with van der Waals surface area (Å²) in [6, 6.07) is 0. The van der Waals surface area contributed by atoms with Gasteiger partial charge in [-0.25, -0.2) is 0 Å². The molecule has 3 N–H and O–H groups in total. The minimum Gasteiger partial charge on any atom is -0.356 e. The largest absolute Gasteiger partial charge is 0.356 e. The van der Waals surface area contributed by atoms with Crippen molar-refractivity contribution in [1.82, 2.24) is 5.32 Å². The molecular formula is C7H14N2O. The number of nitrogens with two attached hydrogens (primary N) is 1. The topological polar surface area (TPSA) is 55.1 Å². The first-order valence-corrected chi connectivity index (χ1v) is 3.79. The van der Waals surface area contributed by atoms with Gasteiger partial charge in [0.2, 0.25) is 5.91 Å². The van der Waals surface area contributed by atoms with Crippen molar-refractivity contribution in [3.05, 3.63) is 0 Å². The van der Waals surface area contributed by atoms with E-state index in [0.717, 1.165) is 25.9 Å². The fraction of sp³-hybridized carbons (Fsp3) is 0.857. The third-order valence-electron chi connectivity index (χ3n) is 1.99. The maximum Gasteiger partial charge on any atom is 0.220 e. The quantitative estimate of drug-likeness (QED) is 0.535. The Labute approximate surface area is 61.0 Å². The maximum atomic E-state index is 10.8. The van der Waals surface area contributed by atoms with Crippen molar-refractivity contribution in [2.75, 3.05) is 13.1 Å². The van der Waals surface area contributed by atoms with E-state index in [2.05, 4.69) is 5.32 Å². The molecule has 0 aromatic rings. The minimum absolute atomic E-state index is 0.177. The molecule has 0 saturated carbocycles. The Balaban J connectivity index is 2.33. The van der Waals surface area contributed by atoms with E-state index in [9.17, 15) is 4.79 Å². The van der Waals surface area contributed by atoms with Crippen LogP contribution in [0, 0.1) is 5.92 Å². The zero-order chi connectivity index (χ0) is 7.40. The zero-order valence-corrected chi connectivity index (χ0v) is 6.10. The monoisotopic (exact) mass is 142 g/mol. The average molecular weight is 142 g/mol. The first-order valence-electron chi connectivity index (χ1n) is 3.79. The van der Waals surface area contributed by atoms with Gasteiger partial charge in [-0.2, -0.15) is 0 Å². The molecule has 0 aromatic carbocycles. The van der Waals surface area contributed by atoms with Gasteiger partial charge in [0.25, 0.3) is 0 Å². The number of carbonyl (C=O) groups is 1. The molecule has 10 heavy (non-hydrogen) atoms. The van der Waals surface area contributed by atoms with Crippen molar-refractivity contribution in [2.45, 2.75) is 19.3 Å². The molecule has 1 fully saturated rings. The Bertz CT molecular complexity index is 125. The molecule has 0 spiro atoms. The summed E-state index contributed by atoms with van der Waals surface area (Å²) in [6.45, 7) is 1.52. The number of rotatable bonds is 1. The van der Waals surface area contributed by atoms with Crippen molar-refractivity contribution in [3.8, 4) is 0 Å². The van der Waals surface area contributed by atoms with Crippen LogP contribution >= 0.6 is 0 Å². The lowest BCUT2D eigenvalue weighted by Crippen LogP contribution is -2.21. The summed E-state index contributed by atoms with van der Waals surface area (Å²) in [6.07, 6.45) is 2.66. The predicted molar refractivity (Wildman–Crippen MR) is 39.4 cm³/mol. The van der Waals surface area contributed by atoms with E-state index in [1.54, 1.807) is 0 Å². The SMILES string of the molecule is NC[C@H]1CCNC(=O)CC1. The van der Waals surface area contributed by atoms with Crippen molar-refractivity contribution < 1.29 is 4.79 Å². The Morgan fingerprint density at radius 1 is 1.60 bits per heavy atom. The molecule has 58 valence electrons. The Hall–Kier alpha value is -0.570. The van der Waals surface area contributed by atoms with Gasteiger partial charge in [0, 0.05) is 13.0 Å². The average Bonchev–Trinajstić information content (AvgIpc) is 2.14. The molecule has 0 aliphatic carbocycles. The van der Waals surface area contributed by atoms with Crippen LogP contribution in [0.4, 0.5) is 0 Å². The van der Waals surface area contributed by atoms with E-state index < -0.39 is 0 Å². The van der Waals surface area contributed by atoms with E-state index in [1.807, 2.05) is 0 Å². The molecule has 0 unspecified atom stereocenters. The highest BCUT2D eigenvalue weighted by atomic mass is 16.1. The number of hydrogen-bond donors (Lipinski definition) is 2. The highest BCUT2D eigenvalue weighted by molar-refractivity contribution is 5.76. The molecule has 0 bridgehead atoms. The Kier molecular flexibility index (Phi) is 2.68. The van der Waals surface area contributed by atoms with Crippen LogP contribution in [0.25, 0.3) is 0 Å². The second-order valence-electron chi connectivity index (χ2n) is 2.78. The molecule has 0 aromatic heterocycles. The van der Waals surface area contributed by atoms with E-state index in [-0.39, 0.29) is 5.91 Å². The summed E-state index contributed by atoms with van der Waals surface area (Å²) in [4.78, 5) is 10.8.